The predicted octanol–water partition coefficient (Wildman–Crippen LogP) is -0.180. The second-order valence-corrected chi connectivity index (χ2v) is 4.51. The van der Waals surface area contributed by atoms with Gasteiger partial charge in [-0.15, -0.1) is 0 Å². The molecule has 6 heteroatoms. The topological polar surface area (TPSA) is 101 Å². The molecule has 1 aliphatic rings. The van der Waals surface area contributed by atoms with Crippen LogP contribution in [-0.4, -0.2) is 40.4 Å². The van der Waals surface area contributed by atoms with Crippen LogP contribution in [0.25, 0.3) is 0 Å². The normalized spacial score (nSPS) is 23.2. The van der Waals surface area contributed by atoms with Gasteiger partial charge in [0.15, 0.2) is 0 Å². The van der Waals surface area contributed by atoms with Crippen LogP contribution in [0.4, 0.5) is 0 Å². The number of carbonyl (C=O) groups excluding carboxylic acids is 2. The number of carboxylic acid groups (broad SMARTS) is 1. The average Bonchev–Trinajstić information content (AvgIpc) is 2.74. The van der Waals surface area contributed by atoms with Crippen LogP contribution in [0.2, 0.25) is 0 Å². The minimum absolute atomic E-state index is 0.304. The lowest BCUT2D eigenvalue weighted by molar-refractivity contribution is -0.150. The molecular weight excluding hydrogens is 224 g/mol. The van der Waals surface area contributed by atoms with Gasteiger partial charge in [-0.05, 0) is 12.8 Å². The smallest absolute Gasteiger partial charge is 0.307 e. The first-order valence-corrected chi connectivity index (χ1v) is 5.68. The Balaban J connectivity index is 2.75. The summed E-state index contributed by atoms with van der Waals surface area (Å²) < 4.78 is 0. The SMILES string of the molecule is CC(C(=O)O)C(C)C(=O)N1CCCC1C(N)=O. The van der Waals surface area contributed by atoms with Crippen molar-refractivity contribution in [3.05, 3.63) is 0 Å². The monoisotopic (exact) mass is 242 g/mol. The number of nitrogens with zero attached hydrogens (tertiary/aromatic N) is 1. The third-order valence-electron chi connectivity index (χ3n) is 3.39. The average molecular weight is 242 g/mol. The number of carbonyl (C=O) groups is 3. The van der Waals surface area contributed by atoms with E-state index in [1.54, 1.807) is 6.92 Å². The summed E-state index contributed by atoms with van der Waals surface area (Å²) in [6, 6.07) is -0.578. The molecule has 0 saturated carbocycles. The van der Waals surface area contributed by atoms with Gasteiger partial charge in [-0.1, -0.05) is 13.8 Å². The van der Waals surface area contributed by atoms with Crippen LogP contribution in [0.15, 0.2) is 0 Å². The molecule has 1 heterocycles. The van der Waals surface area contributed by atoms with Gasteiger partial charge in [0.1, 0.15) is 6.04 Å². The molecule has 0 aromatic rings. The Morgan fingerprint density at radius 1 is 1.29 bits per heavy atom. The Kier molecular flexibility index (Phi) is 4.09. The maximum atomic E-state index is 12.1. The molecule has 3 unspecified atom stereocenters. The Labute approximate surface area is 99.8 Å². The van der Waals surface area contributed by atoms with Gasteiger partial charge in [-0.25, -0.2) is 0 Å². The van der Waals surface area contributed by atoms with E-state index in [0.717, 1.165) is 6.42 Å². The summed E-state index contributed by atoms with van der Waals surface area (Å²) in [5.74, 6) is -3.25. The van der Waals surface area contributed by atoms with E-state index in [-0.39, 0.29) is 5.91 Å². The second kappa shape index (κ2) is 5.16. The molecule has 0 radical (unpaired) electrons. The zero-order chi connectivity index (χ0) is 13.2. The molecular formula is C11H18N2O4. The molecule has 1 saturated heterocycles. The highest BCUT2D eigenvalue weighted by molar-refractivity contribution is 5.90. The minimum atomic E-state index is -1.01. The maximum absolute atomic E-state index is 12.1. The van der Waals surface area contributed by atoms with Crippen LogP contribution >= 0.6 is 0 Å². The molecule has 0 bridgehead atoms. The molecule has 0 aromatic carbocycles. The van der Waals surface area contributed by atoms with Gasteiger partial charge in [-0.3, -0.25) is 14.4 Å². The van der Waals surface area contributed by atoms with Gasteiger partial charge in [0.2, 0.25) is 11.8 Å². The molecule has 0 spiro atoms. The summed E-state index contributed by atoms with van der Waals surface area (Å²) in [6.07, 6.45) is 1.29. The number of aliphatic carboxylic acids is 1. The van der Waals surface area contributed by atoms with Crippen molar-refractivity contribution in [2.75, 3.05) is 6.54 Å². The van der Waals surface area contributed by atoms with Crippen molar-refractivity contribution in [2.45, 2.75) is 32.7 Å². The number of hydrogen-bond donors (Lipinski definition) is 2. The van der Waals surface area contributed by atoms with Crippen molar-refractivity contribution < 1.29 is 19.5 Å². The lowest BCUT2D eigenvalue weighted by atomic mass is 9.94. The highest BCUT2D eigenvalue weighted by atomic mass is 16.4. The molecule has 3 atom stereocenters. The number of carboxylic acids is 1. The quantitative estimate of drug-likeness (QED) is 0.714. The summed E-state index contributed by atoms with van der Waals surface area (Å²) in [4.78, 5) is 35.4. The maximum Gasteiger partial charge on any atom is 0.307 e. The fraction of sp³-hybridized carbons (Fsp3) is 0.727. The standard InChI is InChI=1S/C11H18N2O4/c1-6(7(2)11(16)17)10(15)13-5-3-4-8(13)9(12)14/h6-8H,3-5H2,1-2H3,(H2,12,14)(H,16,17). The van der Waals surface area contributed by atoms with Crippen molar-refractivity contribution in [1.29, 1.82) is 0 Å². The van der Waals surface area contributed by atoms with E-state index in [4.69, 9.17) is 10.8 Å². The minimum Gasteiger partial charge on any atom is -0.481 e. The van der Waals surface area contributed by atoms with Gasteiger partial charge in [0, 0.05) is 12.5 Å². The lowest BCUT2D eigenvalue weighted by Crippen LogP contribution is -2.47. The fourth-order valence-corrected chi connectivity index (χ4v) is 2.02. The van der Waals surface area contributed by atoms with Gasteiger partial charge in [0.05, 0.1) is 5.92 Å². The van der Waals surface area contributed by atoms with Gasteiger partial charge >= 0.3 is 5.97 Å². The Bertz CT molecular complexity index is 342. The number of rotatable bonds is 4. The van der Waals surface area contributed by atoms with E-state index in [9.17, 15) is 14.4 Å². The van der Waals surface area contributed by atoms with E-state index in [1.807, 2.05) is 0 Å². The predicted molar refractivity (Wildman–Crippen MR) is 59.9 cm³/mol. The first kappa shape index (κ1) is 13.5. The third-order valence-corrected chi connectivity index (χ3v) is 3.39. The van der Waals surface area contributed by atoms with Gasteiger partial charge in [-0.2, -0.15) is 0 Å². The second-order valence-electron chi connectivity index (χ2n) is 4.51. The fourth-order valence-electron chi connectivity index (χ4n) is 2.02. The molecule has 3 N–H and O–H groups in total. The summed E-state index contributed by atoms with van der Waals surface area (Å²) in [5.41, 5.74) is 5.21. The van der Waals surface area contributed by atoms with E-state index < -0.39 is 29.8 Å². The van der Waals surface area contributed by atoms with Crippen LogP contribution in [0, 0.1) is 11.8 Å². The molecule has 1 aliphatic heterocycles. The Morgan fingerprint density at radius 2 is 1.88 bits per heavy atom. The van der Waals surface area contributed by atoms with Crippen LogP contribution in [0.3, 0.4) is 0 Å². The highest BCUT2D eigenvalue weighted by Gasteiger charge is 2.37. The van der Waals surface area contributed by atoms with Crippen molar-refractivity contribution in [2.24, 2.45) is 17.6 Å². The lowest BCUT2D eigenvalue weighted by Gasteiger charge is -2.27. The van der Waals surface area contributed by atoms with Crippen LogP contribution in [0.5, 0.6) is 0 Å². The number of likely N-dealkylation sites (tertiary alicyclic amines) is 1. The first-order valence-electron chi connectivity index (χ1n) is 5.68. The van der Waals surface area contributed by atoms with Crippen LogP contribution in [0.1, 0.15) is 26.7 Å². The van der Waals surface area contributed by atoms with Crippen molar-refractivity contribution in [3.63, 3.8) is 0 Å². The number of nitrogens with two attached hydrogens (primary N) is 1. The third kappa shape index (κ3) is 2.75. The van der Waals surface area contributed by atoms with E-state index in [0.29, 0.717) is 13.0 Å². The van der Waals surface area contributed by atoms with E-state index in [1.165, 1.54) is 11.8 Å². The molecule has 6 nitrogen and oxygen atoms in total. The Morgan fingerprint density at radius 3 is 2.35 bits per heavy atom. The van der Waals surface area contributed by atoms with Gasteiger partial charge in [0.25, 0.3) is 0 Å². The zero-order valence-corrected chi connectivity index (χ0v) is 10.0. The molecule has 17 heavy (non-hydrogen) atoms. The zero-order valence-electron chi connectivity index (χ0n) is 10.0. The number of primary amides is 1. The molecule has 96 valence electrons. The molecule has 1 fully saturated rings. The molecule has 0 aromatic heterocycles. The molecule has 0 aliphatic carbocycles. The van der Waals surface area contributed by atoms with E-state index in [2.05, 4.69) is 0 Å². The molecule has 2 amide bonds. The largest absolute Gasteiger partial charge is 0.481 e. The number of amides is 2. The summed E-state index contributed by atoms with van der Waals surface area (Å²) in [7, 11) is 0. The summed E-state index contributed by atoms with van der Waals surface area (Å²) in [6.45, 7) is 3.53. The number of hydrogen-bond acceptors (Lipinski definition) is 3. The van der Waals surface area contributed by atoms with Gasteiger partial charge < -0.3 is 15.7 Å². The van der Waals surface area contributed by atoms with Crippen LogP contribution in [-0.2, 0) is 14.4 Å². The summed E-state index contributed by atoms with van der Waals surface area (Å²) >= 11 is 0. The van der Waals surface area contributed by atoms with Crippen molar-refractivity contribution >= 4 is 17.8 Å². The van der Waals surface area contributed by atoms with Crippen molar-refractivity contribution in [1.82, 2.24) is 4.90 Å². The Hall–Kier alpha value is -1.59. The molecule has 1 rings (SSSR count). The first-order chi connectivity index (χ1) is 7.86. The van der Waals surface area contributed by atoms with Crippen molar-refractivity contribution in [3.8, 4) is 0 Å². The highest BCUT2D eigenvalue weighted by Crippen LogP contribution is 2.22. The van der Waals surface area contributed by atoms with E-state index >= 15 is 0 Å². The van der Waals surface area contributed by atoms with Crippen LogP contribution < -0.4 is 5.73 Å². The summed E-state index contributed by atoms with van der Waals surface area (Å²) in [5, 5.41) is 8.86.